The Morgan fingerprint density at radius 2 is 2.25 bits per heavy atom. The zero-order valence-corrected chi connectivity index (χ0v) is 9.42. The van der Waals surface area contributed by atoms with Crippen LogP contribution in [-0.4, -0.2) is 19.3 Å². The number of aromatic nitrogens is 4. The van der Waals surface area contributed by atoms with Gasteiger partial charge >= 0.3 is 0 Å². The molecule has 0 spiro atoms. The summed E-state index contributed by atoms with van der Waals surface area (Å²) >= 11 is 0. The first-order chi connectivity index (χ1) is 7.72. The molecule has 0 radical (unpaired) electrons. The average Bonchev–Trinajstić information content (AvgIpc) is 2.71. The van der Waals surface area contributed by atoms with E-state index in [1.807, 2.05) is 10.6 Å². The van der Waals surface area contributed by atoms with E-state index in [-0.39, 0.29) is 5.56 Å². The lowest BCUT2D eigenvalue weighted by molar-refractivity contribution is 0.682. The van der Waals surface area contributed by atoms with Crippen LogP contribution < -0.4 is 5.56 Å². The quantitative estimate of drug-likeness (QED) is 0.773. The Balaban J connectivity index is 2.46. The van der Waals surface area contributed by atoms with Crippen LogP contribution in [0.3, 0.4) is 0 Å². The highest BCUT2D eigenvalue weighted by Crippen LogP contribution is 2.14. The van der Waals surface area contributed by atoms with Crippen molar-refractivity contribution in [3.05, 3.63) is 35.0 Å². The Kier molecular flexibility index (Phi) is 2.85. The average molecular weight is 218 g/mol. The number of hydrogen-bond donors (Lipinski definition) is 0. The molecule has 5 heteroatoms. The van der Waals surface area contributed by atoms with Crippen LogP contribution in [0.1, 0.15) is 13.3 Å². The highest BCUT2D eigenvalue weighted by molar-refractivity contribution is 5.53. The Bertz CT molecular complexity index is 541. The highest BCUT2D eigenvalue weighted by Gasteiger charge is 2.07. The lowest BCUT2D eigenvalue weighted by atomic mass is 10.2. The second-order valence-electron chi connectivity index (χ2n) is 3.71. The third kappa shape index (κ3) is 1.88. The summed E-state index contributed by atoms with van der Waals surface area (Å²) in [5, 5.41) is 7.91. The molecule has 16 heavy (non-hydrogen) atoms. The third-order valence-corrected chi connectivity index (χ3v) is 2.44. The smallest absolute Gasteiger partial charge is 0.250 e. The molecule has 84 valence electrons. The first kappa shape index (κ1) is 10.6. The molecular weight excluding hydrogens is 204 g/mol. The lowest BCUT2D eigenvalue weighted by Crippen LogP contribution is -2.14. The Hall–Kier alpha value is -1.91. The molecule has 2 aromatic rings. The Labute approximate surface area is 93.4 Å². The minimum Gasteiger partial charge on any atom is -0.319 e. The largest absolute Gasteiger partial charge is 0.319 e. The van der Waals surface area contributed by atoms with Gasteiger partial charge in [0.2, 0.25) is 0 Å². The van der Waals surface area contributed by atoms with Gasteiger partial charge in [-0.1, -0.05) is 6.92 Å². The van der Waals surface area contributed by atoms with Crippen molar-refractivity contribution >= 4 is 0 Å². The van der Waals surface area contributed by atoms with E-state index in [0.29, 0.717) is 0 Å². The molecule has 0 aromatic carbocycles. The van der Waals surface area contributed by atoms with Gasteiger partial charge in [0.1, 0.15) is 6.33 Å². The molecule has 0 atom stereocenters. The van der Waals surface area contributed by atoms with Gasteiger partial charge in [0, 0.05) is 31.4 Å². The van der Waals surface area contributed by atoms with Crippen molar-refractivity contribution in [3.63, 3.8) is 0 Å². The van der Waals surface area contributed by atoms with Crippen molar-refractivity contribution in [2.24, 2.45) is 7.05 Å². The van der Waals surface area contributed by atoms with E-state index in [1.165, 1.54) is 4.57 Å². The van der Waals surface area contributed by atoms with Gasteiger partial charge in [-0.3, -0.25) is 4.79 Å². The van der Waals surface area contributed by atoms with Crippen LogP contribution in [0.2, 0.25) is 0 Å². The summed E-state index contributed by atoms with van der Waals surface area (Å²) in [6.45, 7) is 2.95. The van der Waals surface area contributed by atoms with E-state index >= 15 is 0 Å². The molecule has 0 aliphatic heterocycles. The fourth-order valence-electron chi connectivity index (χ4n) is 1.57. The molecule has 0 saturated carbocycles. The molecule has 2 aromatic heterocycles. The van der Waals surface area contributed by atoms with Gasteiger partial charge in [-0.25, -0.2) is 0 Å². The van der Waals surface area contributed by atoms with Gasteiger partial charge in [0.25, 0.3) is 5.56 Å². The van der Waals surface area contributed by atoms with Crippen LogP contribution in [0, 0.1) is 0 Å². The molecule has 2 heterocycles. The fraction of sp³-hybridized carbons (Fsp3) is 0.364. The number of hydrogen-bond acceptors (Lipinski definition) is 3. The van der Waals surface area contributed by atoms with Crippen molar-refractivity contribution in [2.45, 2.75) is 19.9 Å². The lowest BCUT2D eigenvalue weighted by Gasteiger charge is -2.04. The van der Waals surface area contributed by atoms with E-state index in [1.54, 1.807) is 25.6 Å². The van der Waals surface area contributed by atoms with Crippen molar-refractivity contribution in [2.75, 3.05) is 0 Å². The molecule has 0 fully saturated rings. The summed E-state index contributed by atoms with van der Waals surface area (Å²) in [4.78, 5) is 11.5. The molecule has 0 amide bonds. The molecule has 0 saturated heterocycles. The minimum absolute atomic E-state index is 0.0384. The van der Waals surface area contributed by atoms with Crippen molar-refractivity contribution in [3.8, 4) is 11.4 Å². The first-order valence-corrected chi connectivity index (χ1v) is 5.27. The van der Waals surface area contributed by atoms with E-state index in [2.05, 4.69) is 17.1 Å². The van der Waals surface area contributed by atoms with Gasteiger partial charge in [0.15, 0.2) is 5.82 Å². The summed E-state index contributed by atoms with van der Waals surface area (Å²) in [5.74, 6) is 0.750. The molecular formula is C11H14N4O. The summed E-state index contributed by atoms with van der Waals surface area (Å²) in [6, 6.07) is 3.45. The maximum atomic E-state index is 11.5. The number of rotatable bonds is 3. The predicted molar refractivity (Wildman–Crippen MR) is 61.0 cm³/mol. The minimum atomic E-state index is -0.0384. The van der Waals surface area contributed by atoms with Crippen molar-refractivity contribution < 1.29 is 0 Å². The number of pyridine rings is 1. The molecule has 0 bridgehead atoms. The molecule has 0 aliphatic carbocycles. The zero-order chi connectivity index (χ0) is 11.5. The zero-order valence-electron chi connectivity index (χ0n) is 9.42. The van der Waals surface area contributed by atoms with E-state index in [0.717, 1.165) is 24.4 Å². The van der Waals surface area contributed by atoms with Crippen molar-refractivity contribution in [1.82, 2.24) is 19.3 Å². The van der Waals surface area contributed by atoms with Gasteiger partial charge in [0.05, 0.1) is 0 Å². The van der Waals surface area contributed by atoms with Crippen LogP contribution in [0.4, 0.5) is 0 Å². The number of aryl methyl sites for hydroxylation is 2. The monoisotopic (exact) mass is 218 g/mol. The van der Waals surface area contributed by atoms with Gasteiger partial charge < -0.3 is 9.13 Å². The van der Waals surface area contributed by atoms with Crippen LogP contribution in [0.5, 0.6) is 0 Å². The van der Waals surface area contributed by atoms with Gasteiger partial charge in [-0.15, -0.1) is 10.2 Å². The molecule has 0 unspecified atom stereocenters. The van der Waals surface area contributed by atoms with E-state index < -0.39 is 0 Å². The Morgan fingerprint density at radius 3 is 2.94 bits per heavy atom. The summed E-state index contributed by atoms with van der Waals surface area (Å²) in [7, 11) is 1.73. The maximum Gasteiger partial charge on any atom is 0.250 e. The van der Waals surface area contributed by atoms with Crippen LogP contribution >= 0.6 is 0 Å². The first-order valence-electron chi connectivity index (χ1n) is 5.27. The van der Waals surface area contributed by atoms with Gasteiger partial charge in [-0.05, 0) is 12.5 Å². The predicted octanol–water partition coefficient (Wildman–Crippen LogP) is 1.05. The molecule has 0 N–H and O–H groups in total. The second-order valence-corrected chi connectivity index (χ2v) is 3.71. The fourth-order valence-corrected chi connectivity index (χ4v) is 1.57. The maximum absolute atomic E-state index is 11.5. The van der Waals surface area contributed by atoms with Crippen LogP contribution in [-0.2, 0) is 13.6 Å². The van der Waals surface area contributed by atoms with Crippen molar-refractivity contribution in [1.29, 1.82) is 0 Å². The second kappa shape index (κ2) is 4.30. The van der Waals surface area contributed by atoms with E-state index in [9.17, 15) is 4.79 Å². The summed E-state index contributed by atoms with van der Waals surface area (Å²) < 4.78 is 3.48. The number of nitrogens with zero attached hydrogens (tertiary/aromatic N) is 4. The molecule has 0 aliphatic rings. The molecule has 5 nitrogen and oxygen atoms in total. The van der Waals surface area contributed by atoms with Gasteiger partial charge in [-0.2, -0.15) is 0 Å². The van der Waals surface area contributed by atoms with Crippen LogP contribution in [0.25, 0.3) is 11.4 Å². The van der Waals surface area contributed by atoms with Crippen LogP contribution in [0.15, 0.2) is 29.5 Å². The summed E-state index contributed by atoms with van der Waals surface area (Å²) in [5.41, 5.74) is 0.776. The standard InChI is InChI=1S/C11H14N4O/c1-3-5-15-8-12-13-11(15)9-4-6-14(2)10(16)7-9/h4,6-8H,3,5H2,1-2H3. The topological polar surface area (TPSA) is 52.7 Å². The summed E-state index contributed by atoms with van der Waals surface area (Å²) in [6.07, 6.45) is 4.44. The normalized spacial score (nSPS) is 10.6. The Morgan fingerprint density at radius 1 is 1.44 bits per heavy atom. The molecule has 2 rings (SSSR count). The van der Waals surface area contributed by atoms with E-state index in [4.69, 9.17) is 0 Å². The third-order valence-electron chi connectivity index (χ3n) is 2.44. The highest BCUT2D eigenvalue weighted by atomic mass is 16.1. The SMILES string of the molecule is CCCn1cnnc1-c1ccn(C)c(=O)c1.